The zero-order chi connectivity index (χ0) is 10.8. The maximum absolute atomic E-state index is 8.71. The smallest absolute Gasteiger partial charge is 0.133 e. The van der Waals surface area contributed by atoms with Crippen LogP contribution in [0.25, 0.3) is 10.6 Å². The lowest BCUT2D eigenvalue weighted by Crippen LogP contribution is -1.89. The van der Waals surface area contributed by atoms with E-state index in [0.29, 0.717) is 15.9 Å². The van der Waals surface area contributed by atoms with Gasteiger partial charge >= 0.3 is 0 Å². The Morgan fingerprint density at radius 3 is 2.80 bits per heavy atom. The predicted octanol–water partition coefficient (Wildman–Crippen LogP) is 3.04. The molecule has 0 atom stereocenters. The zero-order valence-corrected chi connectivity index (χ0v) is 9.43. The van der Waals surface area contributed by atoms with E-state index in [1.54, 1.807) is 19.1 Å². The number of hydrogen-bond acceptors (Lipinski definition) is 4. The second kappa shape index (κ2) is 3.97. The van der Waals surface area contributed by atoms with Crippen LogP contribution >= 0.6 is 22.9 Å². The topological polar surface area (TPSA) is 49.6 Å². The summed E-state index contributed by atoms with van der Waals surface area (Å²) in [6.45, 7) is 1.79. The van der Waals surface area contributed by atoms with Crippen LogP contribution in [0.2, 0.25) is 5.15 Å². The lowest BCUT2D eigenvalue weighted by molar-refractivity contribution is 1.06. The quantitative estimate of drug-likeness (QED) is 0.714. The van der Waals surface area contributed by atoms with Gasteiger partial charge in [-0.25, -0.2) is 9.97 Å². The Morgan fingerprint density at radius 1 is 1.40 bits per heavy atom. The molecule has 2 heterocycles. The Kier molecular flexibility index (Phi) is 2.67. The van der Waals surface area contributed by atoms with E-state index in [-0.39, 0.29) is 0 Å². The van der Waals surface area contributed by atoms with Crippen LogP contribution in [0, 0.1) is 18.3 Å². The Labute approximate surface area is 96.0 Å². The molecule has 0 aromatic carbocycles. The first-order chi connectivity index (χ1) is 7.19. The number of nitrogens with zero attached hydrogens (tertiary/aromatic N) is 3. The molecule has 0 fully saturated rings. The van der Waals surface area contributed by atoms with Crippen molar-refractivity contribution in [3.05, 3.63) is 34.1 Å². The Morgan fingerprint density at radius 2 is 2.20 bits per heavy atom. The lowest BCUT2D eigenvalue weighted by Gasteiger charge is -1.98. The van der Waals surface area contributed by atoms with Crippen molar-refractivity contribution in [2.45, 2.75) is 6.92 Å². The molecular weight excluding hydrogens is 230 g/mol. The highest BCUT2D eigenvalue weighted by Crippen LogP contribution is 2.27. The van der Waals surface area contributed by atoms with E-state index in [2.05, 4.69) is 16.0 Å². The molecule has 0 aliphatic rings. The van der Waals surface area contributed by atoms with Gasteiger partial charge in [0.25, 0.3) is 0 Å². The van der Waals surface area contributed by atoms with E-state index in [1.165, 1.54) is 11.3 Å². The Bertz CT molecular complexity index is 522. The van der Waals surface area contributed by atoms with Crippen molar-refractivity contribution in [2.75, 3.05) is 0 Å². The summed E-state index contributed by atoms with van der Waals surface area (Å²) in [4.78, 5) is 9.83. The van der Waals surface area contributed by atoms with Crippen LogP contribution < -0.4 is 0 Å². The SMILES string of the molecule is Cc1nc(Cl)cc(-c2ccc(C#N)s2)n1. The van der Waals surface area contributed by atoms with Crippen LogP contribution in [0.4, 0.5) is 0 Å². The summed E-state index contributed by atoms with van der Waals surface area (Å²) in [5.41, 5.74) is 0.763. The summed E-state index contributed by atoms with van der Waals surface area (Å²) in [5, 5.41) is 9.13. The summed E-state index contributed by atoms with van der Waals surface area (Å²) in [6.07, 6.45) is 0. The van der Waals surface area contributed by atoms with Crippen LogP contribution in [0.3, 0.4) is 0 Å². The lowest BCUT2D eigenvalue weighted by atomic mass is 10.3. The average Bonchev–Trinajstić information content (AvgIpc) is 2.64. The van der Waals surface area contributed by atoms with Crippen LogP contribution in [0.1, 0.15) is 10.7 Å². The molecule has 0 aliphatic carbocycles. The molecule has 2 aromatic heterocycles. The number of aryl methyl sites for hydroxylation is 1. The summed E-state index contributed by atoms with van der Waals surface area (Å²) in [6, 6.07) is 7.42. The largest absolute Gasteiger partial charge is 0.232 e. The molecule has 74 valence electrons. The molecule has 0 saturated heterocycles. The zero-order valence-electron chi connectivity index (χ0n) is 7.86. The van der Waals surface area contributed by atoms with Gasteiger partial charge in [-0.3, -0.25) is 0 Å². The maximum Gasteiger partial charge on any atom is 0.133 e. The third-order valence-corrected chi connectivity index (χ3v) is 2.98. The highest BCUT2D eigenvalue weighted by Gasteiger charge is 2.06. The molecule has 0 aliphatic heterocycles. The van der Waals surface area contributed by atoms with Gasteiger partial charge in [0, 0.05) is 6.07 Å². The minimum atomic E-state index is 0.421. The number of hydrogen-bond donors (Lipinski definition) is 0. The maximum atomic E-state index is 8.71. The van der Waals surface area contributed by atoms with Gasteiger partial charge in [-0.2, -0.15) is 5.26 Å². The minimum Gasteiger partial charge on any atom is -0.232 e. The van der Waals surface area contributed by atoms with E-state index >= 15 is 0 Å². The molecule has 0 saturated carbocycles. The van der Waals surface area contributed by atoms with E-state index < -0.39 is 0 Å². The van der Waals surface area contributed by atoms with Gasteiger partial charge < -0.3 is 0 Å². The minimum absolute atomic E-state index is 0.421. The summed E-state index contributed by atoms with van der Waals surface area (Å²) < 4.78 is 0. The van der Waals surface area contributed by atoms with Crippen LogP contribution in [0.5, 0.6) is 0 Å². The highest BCUT2D eigenvalue weighted by molar-refractivity contribution is 7.15. The van der Waals surface area contributed by atoms with Gasteiger partial charge in [0.2, 0.25) is 0 Å². The summed E-state index contributed by atoms with van der Waals surface area (Å²) in [7, 11) is 0. The van der Waals surface area contributed by atoms with E-state index in [9.17, 15) is 0 Å². The van der Waals surface area contributed by atoms with E-state index in [4.69, 9.17) is 16.9 Å². The monoisotopic (exact) mass is 235 g/mol. The van der Waals surface area contributed by atoms with Crippen molar-refractivity contribution < 1.29 is 0 Å². The normalized spacial score (nSPS) is 9.93. The molecule has 15 heavy (non-hydrogen) atoms. The Balaban J connectivity index is 2.50. The molecule has 0 radical (unpaired) electrons. The van der Waals surface area contributed by atoms with Gasteiger partial charge in [0.05, 0.1) is 10.6 Å². The molecule has 5 heteroatoms. The fraction of sp³-hybridized carbons (Fsp3) is 0.100. The van der Waals surface area contributed by atoms with Crippen molar-refractivity contribution in [1.82, 2.24) is 9.97 Å². The van der Waals surface area contributed by atoms with Gasteiger partial charge in [0.15, 0.2) is 0 Å². The number of nitriles is 1. The molecule has 0 spiro atoms. The standard InChI is InChI=1S/C10H6ClN3S/c1-6-13-8(4-10(11)14-6)9-3-2-7(5-12)15-9/h2-4H,1H3. The van der Waals surface area contributed by atoms with Crippen molar-refractivity contribution in [3.63, 3.8) is 0 Å². The van der Waals surface area contributed by atoms with Gasteiger partial charge in [-0.1, -0.05) is 11.6 Å². The molecule has 2 rings (SSSR count). The molecule has 0 unspecified atom stereocenters. The van der Waals surface area contributed by atoms with Gasteiger partial charge in [0.1, 0.15) is 21.9 Å². The van der Waals surface area contributed by atoms with Gasteiger partial charge in [-0.15, -0.1) is 11.3 Å². The van der Waals surface area contributed by atoms with E-state index in [0.717, 1.165) is 10.6 Å². The summed E-state index contributed by atoms with van der Waals surface area (Å²) in [5.74, 6) is 0.629. The first kappa shape index (κ1) is 10.1. The van der Waals surface area contributed by atoms with Crippen molar-refractivity contribution in [1.29, 1.82) is 5.26 Å². The molecule has 0 bridgehead atoms. The number of rotatable bonds is 1. The van der Waals surface area contributed by atoms with Crippen LogP contribution in [-0.2, 0) is 0 Å². The number of halogens is 1. The average molecular weight is 236 g/mol. The molecule has 0 amide bonds. The van der Waals surface area contributed by atoms with Crippen molar-refractivity contribution in [2.24, 2.45) is 0 Å². The second-order valence-corrected chi connectivity index (χ2v) is 4.37. The first-order valence-electron chi connectivity index (χ1n) is 4.20. The molecule has 0 N–H and O–H groups in total. The predicted molar refractivity (Wildman–Crippen MR) is 59.8 cm³/mol. The van der Waals surface area contributed by atoms with Crippen molar-refractivity contribution in [3.8, 4) is 16.6 Å². The molecule has 2 aromatic rings. The highest BCUT2D eigenvalue weighted by atomic mass is 35.5. The third kappa shape index (κ3) is 2.14. The first-order valence-corrected chi connectivity index (χ1v) is 5.40. The molecular formula is C10H6ClN3S. The van der Waals surface area contributed by atoms with Crippen molar-refractivity contribution >= 4 is 22.9 Å². The fourth-order valence-electron chi connectivity index (χ4n) is 1.19. The summed E-state index contributed by atoms with van der Waals surface area (Å²) >= 11 is 7.22. The van der Waals surface area contributed by atoms with Crippen LogP contribution in [-0.4, -0.2) is 9.97 Å². The number of aromatic nitrogens is 2. The van der Waals surface area contributed by atoms with Crippen LogP contribution in [0.15, 0.2) is 18.2 Å². The van der Waals surface area contributed by atoms with Gasteiger partial charge in [-0.05, 0) is 19.1 Å². The molecule has 3 nitrogen and oxygen atoms in total. The fourth-order valence-corrected chi connectivity index (χ4v) is 2.18. The van der Waals surface area contributed by atoms with E-state index in [1.807, 2.05) is 6.07 Å². The third-order valence-electron chi connectivity index (χ3n) is 1.78. The Hall–Kier alpha value is -1.44. The number of thiophene rings is 1. The second-order valence-electron chi connectivity index (χ2n) is 2.90.